The average Bonchev–Trinajstić information content (AvgIpc) is 2.46. The van der Waals surface area contributed by atoms with Crippen molar-refractivity contribution in [1.82, 2.24) is 4.98 Å². The largest absolute Gasteiger partial charge is 0.388 e. The lowest BCUT2D eigenvalue weighted by Gasteiger charge is -2.36. The zero-order chi connectivity index (χ0) is 15.6. The van der Waals surface area contributed by atoms with Crippen molar-refractivity contribution in [2.75, 3.05) is 11.9 Å². The lowest BCUT2D eigenvalue weighted by molar-refractivity contribution is 0.00217. The number of hydrogen-bond donors (Lipinski definition) is 2. The number of pyridine rings is 1. The number of aromatic nitrogens is 1. The van der Waals surface area contributed by atoms with E-state index < -0.39 is 34.8 Å². The molecule has 0 radical (unpaired) electrons. The Hall–Kier alpha value is -1.37. The summed E-state index contributed by atoms with van der Waals surface area (Å²) in [5.41, 5.74) is -2.05. The summed E-state index contributed by atoms with van der Waals surface area (Å²) in [6, 6.07) is 0. The molecule has 1 aromatic rings. The van der Waals surface area contributed by atoms with E-state index in [9.17, 15) is 22.7 Å². The molecule has 0 atom stereocenters. The molecular formula is C14H18F4N2O. The van der Waals surface area contributed by atoms with E-state index in [-0.39, 0.29) is 6.54 Å². The van der Waals surface area contributed by atoms with Gasteiger partial charge in [0.1, 0.15) is 5.69 Å². The number of nitrogens with one attached hydrogen (secondary N) is 1. The molecule has 7 heteroatoms. The molecule has 1 heterocycles. The SMILES string of the molecule is CCC1CCC(O)(CNc2c(F)c(F)nc(F)c2F)CC1. The van der Waals surface area contributed by atoms with Gasteiger partial charge in [-0.25, -0.2) is 0 Å². The third kappa shape index (κ3) is 3.45. The molecule has 0 bridgehead atoms. The fourth-order valence-corrected chi connectivity index (χ4v) is 2.70. The molecular weight excluding hydrogens is 288 g/mol. The molecule has 0 spiro atoms. The third-order valence-corrected chi connectivity index (χ3v) is 4.20. The first-order chi connectivity index (χ1) is 9.86. The number of rotatable bonds is 4. The number of hydrogen-bond acceptors (Lipinski definition) is 3. The minimum absolute atomic E-state index is 0.167. The van der Waals surface area contributed by atoms with Crippen LogP contribution in [0.5, 0.6) is 0 Å². The first-order valence-corrected chi connectivity index (χ1v) is 7.02. The normalized spacial score (nSPS) is 25.9. The van der Waals surface area contributed by atoms with Crippen molar-refractivity contribution in [3.8, 4) is 0 Å². The predicted molar refractivity (Wildman–Crippen MR) is 69.8 cm³/mol. The summed E-state index contributed by atoms with van der Waals surface area (Å²) in [7, 11) is 0. The van der Waals surface area contributed by atoms with Gasteiger partial charge in [0.25, 0.3) is 11.9 Å². The van der Waals surface area contributed by atoms with Gasteiger partial charge in [-0.3, -0.25) is 0 Å². The predicted octanol–water partition coefficient (Wildman–Crippen LogP) is 3.38. The van der Waals surface area contributed by atoms with E-state index in [0.29, 0.717) is 18.8 Å². The molecule has 2 rings (SSSR count). The monoisotopic (exact) mass is 306 g/mol. The minimum Gasteiger partial charge on any atom is -0.388 e. The lowest BCUT2D eigenvalue weighted by atomic mass is 9.78. The van der Waals surface area contributed by atoms with E-state index in [1.54, 1.807) is 0 Å². The zero-order valence-corrected chi connectivity index (χ0v) is 11.7. The average molecular weight is 306 g/mol. The van der Waals surface area contributed by atoms with Crippen molar-refractivity contribution in [2.45, 2.75) is 44.6 Å². The van der Waals surface area contributed by atoms with Crippen LogP contribution in [0.25, 0.3) is 0 Å². The first-order valence-electron chi connectivity index (χ1n) is 7.02. The van der Waals surface area contributed by atoms with Crippen molar-refractivity contribution in [1.29, 1.82) is 0 Å². The zero-order valence-electron chi connectivity index (χ0n) is 11.7. The van der Waals surface area contributed by atoms with Crippen LogP contribution < -0.4 is 5.32 Å². The Morgan fingerprint density at radius 1 is 1.14 bits per heavy atom. The molecule has 0 saturated heterocycles. The number of nitrogens with zero attached hydrogens (tertiary/aromatic N) is 1. The van der Waals surface area contributed by atoms with Crippen LogP contribution in [0.1, 0.15) is 39.0 Å². The van der Waals surface area contributed by atoms with Crippen molar-refractivity contribution in [3.63, 3.8) is 0 Å². The van der Waals surface area contributed by atoms with E-state index in [4.69, 9.17) is 0 Å². The molecule has 1 saturated carbocycles. The molecule has 118 valence electrons. The minimum atomic E-state index is -1.71. The standard InChI is InChI=1S/C14H18F4N2O/c1-2-8-3-5-14(21,6-4-8)7-19-11-9(15)12(17)20-13(18)10(11)16/h8,21H,2-7H2,1H3,(H,19,20). The fraction of sp³-hybridized carbons (Fsp3) is 0.643. The van der Waals surface area contributed by atoms with E-state index in [1.807, 2.05) is 0 Å². The van der Waals surface area contributed by atoms with Gasteiger partial charge in [0.2, 0.25) is 11.6 Å². The molecule has 2 N–H and O–H groups in total. The van der Waals surface area contributed by atoms with Gasteiger partial charge in [-0.2, -0.15) is 22.5 Å². The maximum atomic E-state index is 13.4. The number of halogens is 4. The molecule has 0 unspecified atom stereocenters. The smallest absolute Gasteiger partial charge is 0.253 e. The Morgan fingerprint density at radius 2 is 1.67 bits per heavy atom. The van der Waals surface area contributed by atoms with Crippen molar-refractivity contribution in [3.05, 3.63) is 23.5 Å². The van der Waals surface area contributed by atoms with Crippen molar-refractivity contribution >= 4 is 5.69 Å². The van der Waals surface area contributed by atoms with Gasteiger partial charge in [-0.05, 0) is 31.6 Å². The molecule has 1 aliphatic carbocycles. The molecule has 1 aromatic heterocycles. The Morgan fingerprint density at radius 3 is 2.14 bits per heavy atom. The Kier molecular flexibility index (Phi) is 4.70. The summed E-state index contributed by atoms with van der Waals surface area (Å²) in [5.74, 6) is -6.05. The van der Waals surface area contributed by atoms with Crippen LogP contribution in [0.3, 0.4) is 0 Å². The second-order valence-electron chi connectivity index (χ2n) is 5.63. The van der Waals surface area contributed by atoms with Crippen LogP contribution in [0.2, 0.25) is 0 Å². The van der Waals surface area contributed by atoms with E-state index in [2.05, 4.69) is 17.2 Å². The molecule has 3 nitrogen and oxygen atoms in total. The Bertz CT molecular complexity index is 490. The summed E-state index contributed by atoms with van der Waals surface area (Å²) in [5, 5.41) is 12.6. The van der Waals surface area contributed by atoms with Gasteiger partial charge in [0.15, 0.2) is 0 Å². The molecule has 0 amide bonds. The van der Waals surface area contributed by atoms with Crippen molar-refractivity contribution in [2.24, 2.45) is 5.92 Å². The summed E-state index contributed by atoms with van der Waals surface area (Å²) < 4.78 is 52.9. The summed E-state index contributed by atoms with van der Waals surface area (Å²) in [6.45, 7) is 1.90. The lowest BCUT2D eigenvalue weighted by Crippen LogP contribution is -2.41. The summed E-state index contributed by atoms with van der Waals surface area (Å²) >= 11 is 0. The maximum Gasteiger partial charge on any atom is 0.253 e. The van der Waals surface area contributed by atoms with E-state index in [0.717, 1.165) is 19.3 Å². The fourth-order valence-electron chi connectivity index (χ4n) is 2.70. The van der Waals surface area contributed by atoms with Crippen LogP contribution in [-0.4, -0.2) is 22.2 Å². The van der Waals surface area contributed by atoms with Crippen LogP contribution in [0, 0.1) is 29.4 Å². The van der Waals surface area contributed by atoms with E-state index in [1.165, 1.54) is 0 Å². The van der Waals surface area contributed by atoms with Crippen molar-refractivity contribution < 1.29 is 22.7 Å². The van der Waals surface area contributed by atoms with Crippen LogP contribution in [-0.2, 0) is 0 Å². The molecule has 21 heavy (non-hydrogen) atoms. The second kappa shape index (κ2) is 6.17. The Balaban J connectivity index is 2.07. The van der Waals surface area contributed by atoms with Crippen LogP contribution >= 0.6 is 0 Å². The Labute approximate surface area is 120 Å². The van der Waals surface area contributed by atoms with Gasteiger partial charge in [-0.1, -0.05) is 13.3 Å². The summed E-state index contributed by atoms with van der Waals surface area (Å²) in [6.07, 6.45) is 3.63. The van der Waals surface area contributed by atoms with Gasteiger partial charge < -0.3 is 10.4 Å². The molecule has 1 fully saturated rings. The molecule has 0 aromatic carbocycles. The van der Waals surface area contributed by atoms with Gasteiger partial charge in [-0.15, -0.1) is 0 Å². The summed E-state index contributed by atoms with van der Waals surface area (Å²) in [4.78, 5) is 2.48. The first kappa shape index (κ1) is 16.0. The maximum absolute atomic E-state index is 13.4. The topological polar surface area (TPSA) is 45.1 Å². The highest BCUT2D eigenvalue weighted by atomic mass is 19.2. The molecule has 1 aliphatic rings. The second-order valence-corrected chi connectivity index (χ2v) is 5.63. The van der Waals surface area contributed by atoms with Gasteiger partial charge in [0.05, 0.1) is 5.60 Å². The molecule has 0 aliphatic heterocycles. The van der Waals surface area contributed by atoms with Gasteiger partial charge in [0, 0.05) is 6.54 Å². The van der Waals surface area contributed by atoms with E-state index >= 15 is 0 Å². The highest BCUT2D eigenvalue weighted by Crippen LogP contribution is 2.34. The third-order valence-electron chi connectivity index (χ3n) is 4.20. The number of aliphatic hydroxyl groups is 1. The van der Waals surface area contributed by atoms with Crippen LogP contribution in [0.15, 0.2) is 0 Å². The quantitative estimate of drug-likeness (QED) is 0.662. The number of anilines is 1. The van der Waals surface area contributed by atoms with Crippen LogP contribution in [0.4, 0.5) is 23.2 Å². The van der Waals surface area contributed by atoms with Gasteiger partial charge >= 0.3 is 0 Å². The highest BCUT2D eigenvalue weighted by molar-refractivity contribution is 5.45. The highest BCUT2D eigenvalue weighted by Gasteiger charge is 2.33.